The number of aromatic nitrogens is 2. The van der Waals surface area contributed by atoms with E-state index in [-0.39, 0.29) is 0 Å². The molecule has 70 valence electrons. The van der Waals surface area contributed by atoms with E-state index in [1.165, 1.54) is 6.08 Å². The first-order valence-electron chi connectivity index (χ1n) is 4.29. The van der Waals surface area contributed by atoms with Crippen LogP contribution in [0.4, 0.5) is 0 Å². The molecule has 4 heteroatoms. The van der Waals surface area contributed by atoms with Gasteiger partial charge in [-0.15, -0.1) is 0 Å². The van der Waals surface area contributed by atoms with Crippen LogP contribution in [-0.2, 0) is 11.3 Å². The molecule has 1 aromatic carbocycles. The monoisotopic (exact) mass is 187 g/mol. The van der Waals surface area contributed by atoms with E-state index in [0.29, 0.717) is 6.54 Å². The van der Waals surface area contributed by atoms with E-state index in [0.717, 1.165) is 22.4 Å². The molecule has 0 atom stereocenters. The smallest absolute Gasteiger partial charge is 0.235 e. The summed E-state index contributed by atoms with van der Waals surface area (Å²) in [5, 5.41) is 0. The molecule has 1 N–H and O–H groups in total. The first-order chi connectivity index (χ1) is 6.81. The number of hydrogen-bond donors (Lipinski definition) is 1. The second-order valence-electron chi connectivity index (χ2n) is 3.04. The van der Waals surface area contributed by atoms with Crippen molar-refractivity contribution >= 4 is 17.1 Å². The van der Waals surface area contributed by atoms with E-state index >= 15 is 0 Å². The van der Waals surface area contributed by atoms with E-state index in [9.17, 15) is 4.79 Å². The molecule has 1 heterocycles. The number of nitrogens with zero attached hydrogens (tertiary/aromatic N) is 2. The molecule has 4 nitrogen and oxygen atoms in total. The first-order valence-corrected chi connectivity index (χ1v) is 4.29. The Hall–Kier alpha value is -1.93. The van der Waals surface area contributed by atoms with Crippen LogP contribution in [0, 0.1) is 6.92 Å². The number of rotatable bonds is 2. The van der Waals surface area contributed by atoms with Crippen LogP contribution in [0.2, 0.25) is 0 Å². The number of hydrogen-bond acceptors (Lipinski definition) is 3. The summed E-state index contributed by atoms with van der Waals surface area (Å²) in [7, 11) is 0. The number of aryl methyl sites for hydroxylation is 1. The van der Waals surface area contributed by atoms with Crippen molar-refractivity contribution in [3.63, 3.8) is 0 Å². The highest BCUT2D eigenvalue weighted by Crippen LogP contribution is 2.16. The number of carbonyl (C=O) groups excluding carboxylic acids is 1. The largest absolute Gasteiger partial charge is 0.342 e. The third-order valence-corrected chi connectivity index (χ3v) is 2.03. The standard InChI is InChI=1S/C10H9N3O/c1-7-12-9-4-2-3-8(5-11-6-14)10(9)13-7/h2-4H,5H2,1H3,(H,12,13). The van der Waals surface area contributed by atoms with Crippen molar-refractivity contribution in [3.05, 3.63) is 29.6 Å². The fourth-order valence-corrected chi connectivity index (χ4v) is 1.46. The Bertz CT molecular complexity index is 509. The van der Waals surface area contributed by atoms with Crippen LogP contribution >= 0.6 is 0 Å². The van der Waals surface area contributed by atoms with Gasteiger partial charge in [0.15, 0.2) is 0 Å². The minimum atomic E-state index is 0.338. The molecule has 0 saturated heterocycles. The number of aromatic amines is 1. The number of para-hydroxylation sites is 1. The van der Waals surface area contributed by atoms with Gasteiger partial charge in [0.05, 0.1) is 17.6 Å². The highest BCUT2D eigenvalue weighted by molar-refractivity contribution is 5.78. The van der Waals surface area contributed by atoms with Crippen molar-refractivity contribution in [1.82, 2.24) is 9.97 Å². The van der Waals surface area contributed by atoms with Gasteiger partial charge in [-0.1, -0.05) is 12.1 Å². The van der Waals surface area contributed by atoms with Gasteiger partial charge in [0.2, 0.25) is 6.08 Å². The van der Waals surface area contributed by atoms with Crippen molar-refractivity contribution in [2.24, 2.45) is 4.99 Å². The van der Waals surface area contributed by atoms with Gasteiger partial charge < -0.3 is 4.98 Å². The number of isocyanates is 1. The second kappa shape index (κ2) is 3.44. The fourth-order valence-electron chi connectivity index (χ4n) is 1.46. The molecular weight excluding hydrogens is 178 g/mol. The number of imidazole rings is 1. The zero-order valence-corrected chi connectivity index (χ0v) is 7.74. The van der Waals surface area contributed by atoms with Crippen LogP contribution in [0.1, 0.15) is 11.4 Å². The van der Waals surface area contributed by atoms with E-state index in [1.807, 2.05) is 25.1 Å². The summed E-state index contributed by atoms with van der Waals surface area (Å²) in [5.74, 6) is 0.863. The predicted molar refractivity (Wildman–Crippen MR) is 52.7 cm³/mol. The van der Waals surface area contributed by atoms with Crippen LogP contribution in [0.5, 0.6) is 0 Å². The van der Waals surface area contributed by atoms with Crippen molar-refractivity contribution in [2.45, 2.75) is 13.5 Å². The van der Waals surface area contributed by atoms with Gasteiger partial charge >= 0.3 is 0 Å². The predicted octanol–water partition coefficient (Wildman–Crippen LogP) is 1.71. The van der Waals surface area contributed by atoms with E-state index in [1.54, 1.807) is 0 Å². The second-order valence-corrected chi connectivity index (χ2v) is 3.04. The Labute approximate surface area is 80.7 Å². The molecular formula is C10H9N3O. The average molecular weight is 187 g/mol. The van der Waals surface area contributed by atoms with E-state index in [4.69, 9.17) is 0 Å². The Morgan fingerprint density at radius 1 is 1.57 bits per heavy atom. The maximum absolute atomic E-state index is 10.00. The van der Waals surface area contributed by atoms with Gasteiger partial charge in [-0.3, -0.25) is 0 Å². The number of aliphatic imine (C=N–C) groups is 1. The lowest BCUT2D eigenvalue weighted by atomic mass is 10.2. The lowest BCUT2D eigenvalue weighted by Crippen LogP contribution is -1.83. The number of fused-ring (bicyclic) bond motifs is 1. The zero-order valence-electron chi connectivity index (χ0n) is 7.74. The summed E-state index contributed by atoms with van der Waals surface area (Å²) >= 11 is 0. The molecule has 0 unspecified atom stereocenters. The number of benzene rings is 1. The van der Waals surface area contributed by atoms with Gasteiger partial charge in [0, 0.05) is 5.56 Å². The SMILES string of the molecule is Cc1nc2c(CN=C=O)cccc2[nH]1. The van der Waals surface area contributed by atoms with Crippen molar-refractivity contribution in [1.29, 1.82) is 0 Å². The third kappa shape index (κ3) is 1.43. The Morgan fingerprint density at radius 3 is 3.21 bits per heavy atom. The Balaban J connectivity index is 2.57. The van der Waals surface area contributed by atoms with Gasteiger partial charge in [-0.25, -0.2) is 14.8 Å². The molecule has 0 aliphatic heterocycles. The highest BCUT2D eigenvalue weighted by Gasteiger charge is 2.03. The zero-order chi connectivity index (χ0) is 9.97. The molecule has 0 radical (unpaired) electrons. The summed E-state index contributed by atoms with van der Waals surface area (Å²) in [4.78, 5) is 21.0. The Kier molecular flexibility index (Phi) is 2.13. The minimum absolute atomic E-state index is 0.338. The van der Waals surface area contributed by atoms with Crippen molar-refractivity contribution < 1.29 is 4.79 Å². The molecule has 0 bridgehead atoms. The number of nitrogens with one attached hydrogen (secondary N) is 1. The van der Waals surface area contributed by atoms with Crippen LogP contribution < -0.4 is 0 Å². The maximum atomic E-state index is 10.00. The van der Waals surface area contributed by atoms with Crippen LogP contribution in [0.15, 0.2) is 23.2 Å². The first kappa shape index (κ1) is 8.66. The topological polar surface area (TPSA) is 58.1 Å². The summed E-state index contributed by atoms with van der Waals surface area (Å²) in [6.07, 6.45) is 1.52. The number of H-pyrrole nitrogens is 1. The fraction of sp³-hybridized carbons (Fsp3) is 0.200. The van der Waals surface area contributed by atoms with Gasteiger partial charge in [-0.2, -0.15) is 0 Å². The summed E-state index contributed by atoms with van der Waals surface area (Å²) in [6, 6.07) is 5.77. The lowest BCUT2D eigenvalue weighted by molar-refractivity contribution is 0.563. The van der Waals surface area contributed by atoms with Crippen LogP contribution in [-0.4, -0.2) is 16.0 Å². The molecule has 1 aromatic heterocycles. The third-order valence-electron chi connectivity index (χ3n) is 2.03. The normalized spacial score (nSPS) is 10.1. The lowest BCUT2D eigenvalue weighted by Gasteiger charge is -1.95. The molecule has 0 aliphatic rings. The van der Waals surface area contributed by atoms with Gasteiger partial charge in [-0.05, 0) is 13.0 Å². The highest BCUT2D eigenvalue weighted by atomic mass is 16.1. The summed E-state index contributed by atoms with van der Waals surface area (Å²) in [6.45, 7) is 2.23. The molecule has 2 aromatic rings. The van der Waals surface area contributed by atoms with Crippen LogP contribution in [0.3, 0.4) is 0 Å². The molecule has 0 spiro atoms. The summed E-state index contributed by atoms with van der Waals surface area (Å²) in [5.41, 5.74) is 2.79. The molecule has 0 amide bonds. The van der Waals surface area contributed by atoms with E-state index in [2.05, 4.69) is 15.0 Å². The van der Waals surface area contributed by atoms with Crippen LogP contribution in [0.25, 0.3) is 11.0 Å². The Morgan fingerprint density at radius 2 is 2.43 bits per heavy atom. The van der Waals surface area contributed by atoms with Crippen molar-refractivity contribution in [3.8, 4) is 0 Å². The molecule has 0 aliphatic carbocycles. The molecule has 0 fully saturated rings. The molecule has 14 heavy (non-hydrogen) atoms. The molecule has 2 rings (SSSR count). The van der Waals surface area contributed by atoms with E-state index < -0.39 is 0 Å². The molecule has 0 saturated carbocycles. The average Bonchev–Trinajstić information content (AvgIpc) is 2.55. The quantitative estimate of drug-likeness (QED) is 0.574. The van der Waals surface area contributed by atoms with Crippen molar-refractivity contribution in [2.75, 3.05) is 0 Å². The van der Waals surface area contributed by atoms with Gasteiger partial charge in [0.25, 0.3) is 0 Å². The van der Waals surface area contributed by atoms with Gasteiger partial charge in [0.1, 0.15) is 5.82 Å². The minimum Gasteiger partial charge on any atom is -0.342 e. The maximum Gasteiger partial charge on any atom is 0.235 e. The summed E-state index contributed by atoms with van der Waals surface area (Å²) < 4.78 is 0.